The lowest BCUT2D eigenvalue weighted by Crippen LogP contribution is -2.30. The van der Waals surface area contributed by atoms with Gasteiger partial charge < -0.3 is 14.3 Å². The van der Waals surface area contributed by atoms with E-state index in [0.717, 1.165) is 16.3 Å². The first kappa shape index (κ1) is 28.8. The van der Waals surface area contributed by atoms with E-state index in [9.17, 15) is 19.5 Å². The van der Waals surface area contributed by atoms with Crippen molar-refractivity contribution < 1.29 is 28.6 Å². The summed E-state index contributed by atoms with van der Waals surface area (Å²) in [6.07, 6.45) is 0. The number of benzene rings is 4. The van der Waals surface area contributed by atoms with Gasteiger partial charge >= 0.3 is 0 Å². The number of ketones is 2. The van der Waals surface area contributed by atoms with Gasteiger partial charge in [0.1, 0.15) is 11.5 Å². The van der Waals surface area contributed by atoms with Crippen molar-refractivity contribution in [2.75, 3.05) is 11.5 Å². The lowest BCUT2D eigenvalue weighted by atomic mass is 9.88. The van der Waals surface area contributed by atoms with Crippen LogP contribution in [0.2, 0.25) is 0 Å². The molecule has 9 nitrogen and oxygen atoms in total. The summed E-state index contributed by atoms with van der Waals surface area (Å²) in [5.41, 5.74) is 2.04. The number of para-hydroxylation sites is 1. The number of hydrogen-bond donors (Lipinski definition) is 1. The Labute approximate surface area is 265 Å². The topological polar surface area (TPSA) is 123 Å². The van der Waals surface area contributed by atoms with Gasteiger partial charge in [-0.1, -0.05) is 89.8 Å². The van der Waals surface area contributed by atoms with Crippen LogP contribution in [0.25, 0.3) is 21.7 Å². The van der Waals surface area contributed by atoms with E-state index in [1.807, 2.05) is 24.3 Å². The predicted molar refractivity (Wildman–Crippen MR) is 172 cm³/mol. The number of nitrogens with zero attached hydrogens (tertiary/aromatic N) is 3. The molecule has 1 saturated heterocycles. The second-order valence-corrected chi connectivity index (χ2v) is 12.6. The fourth-order valence-corrected chi connectivity index (χ4v) is 7.52. The number of anilines is 1. The molecule has 0 aliphatic carbocycles. The van der Waals surface area contributed by atoms with Gasteiger partial charge in [0, 0.05) is 11.1 Å². The minimum Gasteiger partial charge on any atom is -0.504 e. The second-order valence-electron chi connectivity index (χ2n) is 10.4. The van der Waals surface area contributed by atoms with Crippen LogP contribution in [0.4, 0.5) is 5.13 Å². The summed E-state index contributed by atoms with van der Waals surface area (Å²) in [6.45, 7) is 2.05. The molecule has 224 valence electrons. The number of thioether (sulfide) groups is 1. The molecule has 2 aromatic heterocycles. The molecule has 4 aromatic carbocycles. The third-order valence-corrected chi connectivity index (χ3v) is 9.82. The lowest BCUT2D eigenvalue weighted by Gasteiger charge is -2.25. The van der Waals surface area contributed by atoms with Gasteiger partial charge in [-0.05, 0) is 53.1 Å². The number of ether oxygens (including phenoxy) is 1. The van der Waals surface area contributed by atoms with Crippen LogP contribution in [0.3, 0.4) is 0 Å². The number of fused-ring (bicyclic) bond motifs is 2. The predicted octanol–water partition coefficient (Wildman–Crippen LogP) is 6.99. The number of carbonyl (C=O) groups is 3. The average Bonchev–Trinajstić information content (AvgIpc) is 3.77. The molecule has 0 bridgehead atoms. The van der Waals surface area contributed by atoms with E-state index in [1.54, 1.807) is 43.3 Å². The standard InChI is InChI=1S/C34H25N3O6S2/c1-2-42-26-17-21(14-15-24(26)38)29-28(30(39)27-16-20-9-4-6-13-25(20)43-27)31(40)32(41)37(29)33-35-36-34(45-33)44-18-22-11-7-10-19-8-3-5-12-23(19)22/h3-17,28-29,38H,2,18H2,1H3. The number of Topliss-reactive ketones (excluding diaryl/α,β-unsaturated/α-hetero) is 2. The maximum absolute atomic E-state index is 14.0. The normalized spacial score (nSPS) is 16.6. The minimum atomic E-state index is -1.42. The van der Waals surface area contributed by atoms with Gasteiger partial charge in [-0.2, -0.15) is 0 Å². The first-order chi connectivity index (χ1) is 21.9. The first-order valence-electron chi connectivity index (χ1n) is 14.2. The molecule has 0 radical (unpaired) electrons. The maximum atomic E-state index is 14.0. The number of phenolic OH excluding ortho intramolecular Hbond substituents is 1. The van der Waals surface area contributed by atoms with Crippen LogP contribution < -0.4 is 9.64 Å². The Kier molecular flexibility index (Phi) is 7.56. The summed E-state index contributed by atoms with van der Waals surface area (Å²) < 4.78 is 12.0. The highest BCUT2D eigenvalue weighted by atomic mass is 32.2. The van der Waals surface area contributed by atoms with Gasteiger partial charge in [-0.25, -0.2) is 0 Å². The van der Waals surface area contributed by atoms with Gasteiger partial charge in [-0.3, -0.25) is 19.3 Å². The zero-order valence-corrected chi connectivity index (χ0v) is 25.5. The smallest absolute Gasteiger partial charge is 0.297 e. The minimum absolute atomic E-state index is 0.0263. The fraction of sp³-hybridized carbons (Fsp3) is 0.147. The molecule has 1 N–H and O–H groups in total. The maximum Gasteiger partial charge on any atom is 0.297 e. The summed E-state index contributed by atoms with van der Waals surface area (Å²) >= 11 is 2.64. The SMILES string of the molecule is CCOc1cc(C2C(C(=O)c3cc4ccccc4o3)C(=O)C(=O)N2c2nnc(SCc3cccc4ccccc34)s2)ccc1O. The Morgan fingerprint density at radius 2 is 1.76 bits per heavy atom. The fourth-order valence-electron chi connectivity index (χ4n) is 5.64. The zero-order valence-electron chi connectivity index (χ0n) is 23.9. The monoisotopic (exact) mass is 635 g/mol. The van der Waals surface area contributed by atoms with Crippen molar-refractivity contribution in [2.24, 2.45) is 5.92 Å². The molecular weight excluding hydrogens is 611 g/mol. The summed E-state index contributed by atoms with van der Waals surface area (Å²) in [5, 5.41) is 22.2. The van der Waals surface area contributed by atoms with Gasteiger partial charge in [0.15, 0.2) is 21.6 Å². The van der Waals surface area contributed by atoms with Crippen LogP contribution in [-0.2, 0) is 15.3 Å². The molecule has 3 heterocycles. The van der Waals surface area contributed by atoms with Crippen LogP contribution in [-0.4, -0.2) is 39.4 Å². The van der Waals surface area contributed by atoms with Gasteiger partial charge in [0.05, 0.1) is 12.6 Å². The number of amides is 1. The van der Waals surface area contributed by atoms with E-state index >= 15 is 0 Å². The average molecular weight is 636 g/mol. The third kappa shape index (κ3) is 5.23. The Balaban J connectivity index is 1.25. The molecular formula is C34H25N3O6S2. The third-order valence-electron chi connectivity index (χ3n) is 7.71. The Hall–Kier alpha value is -5.00. The molecule has 6 aromatic rings. The zero-order chi connectivity index (χ0) is 31.1. The van der Waals surface area contributed by atoms with Crippen LogP contribution in [0.1, 0.15) is 34.6 Å². The molecule has 0 saturated carbocycles. The highest BCUT2D eigenvalue weighted by Crippen LogP contribution is 2.45. The van der Waals surface area contributed by atoms with Crippen LogP contribution in [0.15, 0.2) is 99.8 Å². The van der Waals surface area contributed by atoms with E-state index in [-0.39, 0.29) is 29.0 Å². The van der Waals surface area contributed by atoms with E-state index < -0.39 is 29.4 Å². The lowest BCUT2D eigenvalue weighted by molar-refractivity contribution is -0.135. The molecule has 7 rings (SSSR count). The van der Waals surface area contributed by atoms with Gasteiger partial charge in [0.2, 0.25) is 16.7 Å². The molecule has 1 amide bonds. The van der Waals surface area contributed by atoms with Crippen molar-refractivity contribution in [3.05, 3.63) is 108 Å². The summed E-state index contributed by atoms with van der Waals surface area (Å²) in [4.78, 5) is 42.5. The van der Waals surface area contributed by atoms with Gasteiger partial charge in [0.25, 0.3) is 5.91 Å². The summed E-state index contributed by atoms with van der Waals surface area (Å²) in [7, 11) is 0. The number of aromatic hydroxyl groups is 1. The van der Waals surface area contributed by atoms with E-state index in [4.69, 9.17) is 9.15 Å². The number of phenols is 1. The highest BCUT2D eigenvalue weighted by molar-refractivity contribution is 8.00. The Morgan fingerprint density at radius 1 is 0.978 bits per heavy atom. The quantitative estimate of drug-likeness (QED) is 0.0589. The number of furan rings is 1. The molecule has 11 heteroatoms. The highest BCUT2D eigenvalue weighted by Gasteiger charge is 2.54. The van der Waals surface area contributed by atoms with Crippen molar-refractivity contribution in [1.29, 1.82) is 0 Å². The van der Waals surface area contributed by atoms with Crippen molar-refractivity contribution in [2.45, 2.75) is 23.1 Å². The molecule has 45 heavy (non-hydrogen) atoms. The Morgan fingerprint density at radius 3 is 2.58 bits per heavy atom. The first-order valence-corrected chi connectivity index (χ1v) is 16.0. The van der Waals surface area contributed by atoms with Crippen molar-refractivity contribution in [1.82, 2.24) is 10.2 Å². The summed E-state index contributed by atoms with van der Waals surface area (Å²) in [6, 6.07) is 26.4. The molecule has 1 fully saturated rings. The largest absolute Gasteiger partial charge is 0.504 e. The van der Waals surface area contributed by atoms with Crippen LogP contribution in [0.5, 0.6) is 11.5 Å². The number of carbonyl (C=O) groups excluding carboxylic acids is 3. The van der Waals surface area contributed by atoms with Gasteiger partial charge in [-0.15, -0.1) is 10.2 Å². The van der Waals surface area contributed by atoms with Crippen molar-refractivity contribution >= 4 is 67.4 Å². The molecule has 2 atom stereocenters. The second kappa shape index (κ2) is 11.8. The van der Waals surface area contributed by atoms with Crippen LogP contribution >= 0.6 is 23.1 Å². The van der Waals surface area contributed by atoms with E-state index in [1.165, 1.54) is 34.1 Å². The number of rotatable bonds is 9. The van der Waals surface area contributed by atoms with Crippen molar-refractivity contribution in [3.8, 4) is 11.5 Å². The molecule has 1 aliphatic rings. The summed E-state index contributed by atoms with van der Waals surface area (Å²) in [5.74, 6) is -3.15. The van der Waals surface area contributed by atoms with E-state index in [2.05, 4.69) is 34.5 Å². The Bertz CT molecular complexity index is 2070. The molecule has 0 spiro atoms. The van der Waals surface area contributed by atoms with Crippen molar-refractivity contribution in [3.63, 3.8) is 0 Å². The van der Waals surface area contributed by atoms with Crippen LogP contribution in [0, 0.1) is 5.92 Å². The van der Waals surface area contributed by atoms with E-state index in [0.29, 0.717) is 26.6 Å². The number of aromatic nitrogens is 2. The number of hydrogen-bond acceptors (Lipinski definition) is 10. The molecule has 2 unspecified atom stereocenters. The molecule has 1 aliphatic heterocycles.